The molecule has 0 saturated carbocycles. The van der Waals surface area contributed by atoms with Crippen LogP contribution in [0.3, 0.4) is 0 Å². The number of carbonyl (C=O) groups is 1. The molecule has 5 rings (SSSR count). The number of piperazine rings is 1. The van der Waals surface area contributed by atoms with Gasteiger partial charge in [0.1, 0.15) is 5.69 Å². The Morgan fingerprint density at radius 1 is 0.778 bits per heavy atom. The van der Waals surface area contributed by atoms with Gasteiger partial charge in [-0.15, -0.1) is 0 Å². The summed E-state index contributed by atoms with van der Waals surface area (Å²) in [6.07, 6.45) is 0. The lowest BCUT2D eigenvalue weighted by Crippen LogP contribution is -2.48. The molecule has 1 saturated heterocycles. The summed E-state index contributed by atoms with van der Waals surface area (Å²) in [4.78, 5) is 18.3. The average Bonchev–Trinajstić information content (AvgIpc) is 3.33. The molecular formula is C31H34N4O. The number of benzene rings is 3. The van der Waals surface area contributed by atoms with Gasteiger partial charge in [-0.1, -0.05) is 54.6 Å². The minimum atomic E-state index is 0.0397. The minimum absolute atomic E-state index is 0.0397. The molecule has 3 aromatic carbocycles. The summed E-state index contributed by atoms with van der Waals surface area (Å²) in [5.41, 5.74) is 9.44. The van der Waals surface area contributed by atoms with Crippen LogP contribution in [-0.2, 0) is 6.54 Å². The predicted octanol–water partition coefficient (Wildman–Crippen LogP) is 5.73. The lowest BCUT2D eigenvalue weighted by molar-refractivity contribution is 0.0619. The van der Waals surface area contributed by atoms with E-state index in [-0.39, 0.29) is 5.91 Å². The minimum Gasteiger partial charge on any atom is -0.335 e. The molecule has 0 unspecified atom stereocenters. The Hall–Kier alpha value is -3.70. The van der Waals surface area contributed by atoms with E-state index in [0.717, 1.165) is 47.7 Å². The Bertz CT molecular complexity index is 1380. The number of hydrogen-bond donors (Lipinski definition) is 0. The molecule has 0 atom stereocenters. The predicted molar refractivity (Wildman–Crippen MR) is 146 cm³/mol. The van der Waals surface area contributed by atoms with Crippen LogP contribution in [0.5, 0.6) is 0 Å². The standard InChI is InChI=1S/C31H34N4O/c1-22-10-11-24(3)29(18-22)35-30(20-28(32-35)27-13-12-23(2)25(4)19-27)31(36)34-16-14-33(15-17-34)21-26-8-6-5-7-9-26/h5-13,18-20H,14-17,21H2,1-4H3. The monoisotopic (exact) mass is 478 g/mol. The molecule has 0 radical (unpaired) electrons. The Morgan fingerprint density at radius 3 is 2.22 bits per heavy atom. The highest BCUT2D eigenvalue weighted by molar-refractivity contribution is 5.94. The SMILES string of the molecule is Cc1ccc(C)c(-n2nc(-c3ccc(C)c(C)c3)cc2C(=O)N2CCN(Cc3ccccc3)CC2)c1. The Labute approximate surface area is 214 Å². The van der Waals surface area contributed by atoms with Crippen LogP contribution < -0.4 is 0 Å². The molecule has 0 spiro atoms. The third kappa shape index (κ3) is 4.98. The van der Waals surface area contributed by atoms with Gasteiger partial charge in [-0.3, -0.25) is 9.69 Å². The number of aryl methyl sites for hydroxylation is 4. The molecule has 2 heterocycles. The van der Waals surface area contributed by atoms with Gasteiger partial charge in [-0.05, 0) is 73.7 Å². The summed E-state index contributed by atoms with van der Waals surface area (Å²) in [5, 5.41) is 4.97. The average molecular weight is 479 g/mol. The van der Waals surface area contributed by atoms with E-state index in [0.29, 0.717) is 18.8 Å². The van der Waals surface area contributed by atoms with Gasteiger partial charge < -0.3 is 4.90 Å². The molecule has 0 N–H and O–H groups in total. The van der Waals surface area contributed by atoms with Gasteiger partial charge in [-0.25, -0.2) is 4.68 Å². The van der Waals surface area contributed by atoms with Crippen LogP contribution >= 0.6 is 0 Å². The third-order valence-electron chi connectivity index (χ3n) is 7.23. The van der Waals surface area contributed by atoms with Gasteiger partial charge in [0, 0.05) is 38.3 Å². The first-order valence-corrected chi connectivity index (χ1v) is 12.7. The molecule has 5 heteroatoms. The highest BCUT2D eigenvalue weighted by atomic mass is 16.2. The van der Waals surface area contributed by atoms with Gasteiger partial charge >= 0.3 is 0 Å². The maximum atomic E-state index is 13.9. The van der Waals surface area contributed by atoms with Crippen molar-refractivity contribution in [1.29, 1.82) is 0 Å². The molecule has 184 valence electrons. The summed E-state index contributed by atoms with van der Waals surface area (Å²) in [6, 6.07) is 25.2. The Morgan fingerprint density at radius 2 is 1.50 bits per heavy atom. The maximum absolute atomic E-state index is 13.9. The van der Waals surface area contributed by atoms with E-state index in [1.165, 1.54) is 16.7 Å². The quantitative estimate of drug-likeness (QED) is 0.368. The molecule has 4 aromatic rings. The Kier molecular flexibility index (Phi) is 6.75. The molecule has 1 aliphatic rings. The van der Waals surface area contributed by atoms with Crippen LogP contribution in [-0.4, -0.2) is 51.7 Å². The fourth-order valence-electron chi connectivity index (χ4n) is 4.82. The zero-order valence-electron chi connectivity index (χ0n) is 21.7. The maximum Gasteiger partial charge on any atom is 0.272 e. The first-order chi connectivity index (χ1) is 17.4. The van der Waals surface area contributed by atoms with Gasteiger partial charge in [0.05, 0.1) is 11.4 Å². The molecule has 1 fully saturated rings. The third-order valence-corrected chi connectivity index (χ3v) is 7.23. The lowest BCUT2D eigenvalue weighted by atomic mass is 10.0. The summed E-state index contributed by atoms with van der Waals surface area (Å²) in [5.74, 6) is 0.0397. The van der Waals surface area contributed by atoms with Crippen LogP contribution in [0.2, 0.25) is 0 Å². The highest BCUT2D eigenvalue weighted by Crippen LogP contribution is 2.27. The van der Waals surface area contributed by atoms with E-state index in [4.69, 9.17) is 5.10 Å². The zero-order valence-corrected chi connectivity index (χ0v) is 21.7. The first-order valence-electron chi connectivity index (χ1n) is 12.7. The van der Waals surface area contributed by atoms with Crippen LogP contribution in [0.15, 0.2) is 72.8 Å². The number of amides is 1. The Balaban J connectivity index is 1.44. The second-order valence-electron chi connectivity index (χ2n) is 9.97. The smallest absolute Gasteiger partial charge is 0.272 e. The van der Waals surface area contributed by atoms with E-state index in [9.17, 15) is 4.79 Å². The lowest BCUT2D eigenvalue weighted by Gasteiger charge is -2.34. The second kappa shape index (κ2) is 10.1. The number of hydrogen-bond acceptors (Lipinski definition) is 3. The molecular weight excluding hydrogens is 444 g/mol. The van der Waals surface area contributed by atoms with Crippen molar-refractivity contribution in [1.82, 2.24) is 19.6 Å². The molecule has 0 bridgehead atoms. The number of aromatic nitrogens is 2. The number of nitrogens with zero attached hydrogens (tertiary/aromatic N) is 4. The van der Waals surface area contributed by atoms with E-state index in [1.54, 1.807) is 0 Å². The van der Waals surface area contributed by atoms with Gasteiger partial charge in [-0.2, -0.15) is 5.10 Å². The first kappa shape index (κ1) is 24.0. The molecule has 5 nitrogen and oxygen atoms in total. The van der Waals surface area contributed by atoms with E-state index in [2.05, 4.69) is 93.3 Å². The van der Waals surface area contributed by atoms with E-state index < -0.39 is 0 Å². The van der Waals surface area contributed by atoms with Crippen molar-refractivity contribution in [2.75, 3.05) is 26.2 Å². The van der Waals surface area contributed by atoms with Crippen molar-refractivity contribution < 1.29 is 4.79 Å². The molecule has 36 heavy (non-hydrogen) atoms. The number of carbonyl (C=O) groups excluding carboxylic acids is 1. The van der Waals surface area contributed by atoms with Crippen LogP contribution in [0.25, 0.3) is 16.9 Å². The van der Waals surface area contributed by atoms with Crippen molar-refractivity contribution in [3.05, 3.63) is 106 Å². The van der Waals surface area contributed by atoms with Crippen molar-refractivity contribution in [2.45, 2.75) is 34.2 Å². The van der Waals surface area contributed by atoms with Gasteiger partial charge in [0.25, 0.3) is 5.91 Å². The van der Waals surface area contributed by atoms with Gasteiger partial charge in [0.2, 0.25) is 0 Å². The molecule has 1 amide bonds. The summed E-state index contributed by atoms with van der Waals surface area (Å²) in [7, 11) is 0. The van der Waals surface area contributed by atoms with E-state index >= 15 is 0 Å². The summed E-state index contributed by atoms with van der Waals surface area (Å²) >= 11 is 0. The van der Waals surface area contributed by atoms with Crippen LogP contribution in [0.4, 0.5) is 0 Å². The highest BCUT2D eigenvalue weighted by Gasteiger charge is 2.27. The number of rotatable bonds is 5. The molecule has 0 aliphatic carbocycles. The van der Waals surface area contributed by atoms with Crippen LogP contribution in [0.1, 0.15) is 38.3 Å². The second-order valence-corrected chi connectivity index (χ2v) is 9.97. The molecule has 1 aromatic heterocycles. The summed E-state index contributed by atoms with van der Waals surface area (Å²) in [6.45, 7) is 12.4. The van der Waals surface area contributed by atoms with Crippen molar-refractivity contribution in [2.24, 2.45) is 0 Å². The zero-order chi connectivity index (χ0) is 25.2. The molecule has 1 aliphatic heterocycles. The van der Waals surface area contributed by atoms with Crippen molar-refractivity contribution in [3.8, 4) is 16.9 Å². The van der Waals surface area contributed by atoms with Crippen molar-refractivity contribution in [3.63, 3.8) is 0 Å². The topological polar surface area (TPSA) is 41.4 Å². The summed E-state index contributed by atoms with van der Waals surface area (Å²) < 4.78 is 1.85. The van der Waals surface area contributed by atoms with Gasteiger partial charge in [0.15, 0.2) is 0 Å². The fraction of sp³-hybridized carbons (Fsp3) is 0.290. The van der Waals surface area contributed by atoms with Crippen LogP contribution in [0, 0.1) is 27.7 Å². The largest absolute Gasteiger partial charge is 0.335 e. The van der Waals surface area contributed by atoms with Crippen molar-refractivity contribution >= 4 is 5.91 Å². The van der Waals surface area contributed by atoms with E-state index in [1.807, 2.05) is 21.7 Å². The normalized spacial score (nSPS) is 14.3. The fourth-order valence-corrected chi connectivity index (χ4v) is 4.82.